The van der Waals surface area contributed by atoms with E-state index < -0.39 is 0 Å². The van der Waals surface area contributed by atoms with E-state index in [1.165, 1.54) is 22.2 Å². The van der Waals surface area contributed by atoms with Crippen molar-refractivity contribution in [2.75, 3.05) is 45.9 Å². The third kappa shape index (κ3) is 3.71. The molecule has 2 aromatic rings. The first-order chi connectivity index (χ1) is 13.5. The largest absolute Gasteiger partial charge is 0.450 e. The highest BCUT2D eigenvalue weighted by Gasteiger charge is 2.27. The number of fused-ring (bicyclic) bond motifs is 3. The van der Waals surface area contributed by atoms with Gasteiger partial charge in [-0.05, 0) is 26.0 Å². The number of aryl methyl sites for hydroxylation is 1. The van der Waals surface area contributed by atoms with Crippen LogP contribution >= 0.6 is 0 Å². The minimum Gasteiger partial charge on any atom is -0.450 e. The van der Waals surface area contributed by atoms with Crippen molar-refractivity contribution >= 4 is 22.9 Å². The maximum Gasteiger partial charge on any atom is 0.409 e. The van der Waals surface area contributed by atoms with Crippen molar-refractivity contribution in [1.29, 1.82) is 0 Å². The van der Waals surface area contributed by atoms with Gasteiger partial charge in [0.25, 0.3) is 0 Å². The van der Waals surface area contributed by atoms with Crippen LogP contribution in [0.3, 0.4) is 0 Å². The molecule has 1 aromatic heterocycles. The van der Waals surface area contributed by atoms with Gasteiger partial charge in [0.05, 0.1) is 13.2 Å². The fraction of sp³-hybridized carbons (Fsp3) is 0.524. The number of aromatic nitrogens is 1. The minimum absolute atomic E-state index is 0.164. The van der Waals surface area contributed by atoms with Gasteiger partial charge in [-0.25, -0.2) is 4.79 Å². The lowest BCUT2D eigenvalue weighted by atomic mass is 10.0. The number of hydrogen-bond acceptors (Lipinski definition) is 4. The van der Waals surface area contributed by atoms with E-state index in [1.54, 1.807) is 4.90 Å². The van der Waals surface area contributed by atoms with Crippen LogP contribution in [0.25, 0.3) is 10.9 Å². The van der Waals surface area contributed by atoms with E-state index in [1.807, 2.05) is 11.8 Å². The highest BCUT2D eigenvalue weighted by Crippen LogP contribution is 2.28. The predicted molar refractivity (Wildman–Crippen MR) is 107 cm³/mol. The number of piperazine rings is 1. The highest BCUT2D eigenvalue weighted by atomic mass is 16.6. The Hall–Kier alpha value is -2.54. The molecule has 0 spiro atoms. The topological polar surface area (TPSA) is 68.9 Å². The molecule has 1 N–H and O–H groups in total. The standard InChI is InChI=1S/C21H28N4O3/c1-3-28-21(27)24-10-8-23(9-11-24)14-20(26)25-7-6-19-17(13-25)16-12-15(2)4-5-18(16)22-19/h4-5,12,22H,3,6-11,13-14H2,1-2H3. The molecule has 1 aromatic carbocycles. The zero-order valence-electron chi connectivity index (χ0n) is 16.7. The van der Waals surface area contributed by atoms with Crippen molar-refractivity contribution in [1.82, 2.24) is 19.7 Å². The summed E-state index contributed by atoms with van der Waals surface area (Å²) in [5.41, 5.74) is 4.90. The summed E-state index contributed by atoms with van der Waals surface area (Å²) in [5.74, 6) is 0.164. The molecule has 0 aliphatic carbocycles. The van der Waals surface area contributed by atoms with Crippen molar-refractivity contribution in [2.45, 2.75) is 26.8 Å². The molecular weight excluding hydrogens is 356 g/mol. The number of ether oxygens (including phenoxy) is 1. The number of amides is 2. The smallest absolute Gasteiger partial charge is 0.409 e. The molecule has 2 aliphatic heterocycles. The molecule has 0 atom stereocenters. The van der Waals surface area contributed by atoms with Gasteiger partial charge in [-0.3, -0.25) is 9.69 Å². The van der Waals surface area contributed by atoms with Crippen LogP contribution in [0.15, 0.2) is 18.2 Å². The average Bonchev–Trinajstić information content (AvgIpc) is 3.05. The lowest BCUT2D eigenvalue weighted by Gasteiger charge is -2.35. The number of carbonyl (C=O) groups is 2. The van der Waals surface area contributed by atoms with Crippen molar-refractivity contribution in [3.63, 3.8) is 0 Å². The van der Waals surface area contributed by atoms with Gasteiger partial charge in [-0.2, -0.15) is 0 Å². The minimum atomic E-state index is -0.258. The van der Waals surface area contributed by atoms with Crippen LogP contribution in [0.2, 0.25) is 0 Å². The van der Waals surface area contributed by atoms with Gasteiger partial charge in [-0.1, -0.05) is 11.6 Å². The zero-order chi connectivity index (χ0) is 19.7. The van der Waals surface area contributed by atoms with E-state index in [0.29, 0.717) is 45.9 Å². The molecule has 2 aliphatic rings. The van der Waals surface area contributed by atoms with E-state index in [0.717, 1.165) is 18.5 Å². The Labute approximate surface area is 165 Å². The zero-order valence-corrected chi connectivity index (χ0v) is 16.7. The molecule has 7 nitrogen and oxygen atoms in total. The van der Waals surface area contributed by atoms with E-state index in [4.69, 9.17) is 4.74 Å². The van der Waals surface area contributed by atoms with Crippen LogP contribution < -0.4 is 0 Å². The number of nitrogens with zero attached hydrogens (tertiary/aromatic N) is 3. The number of rotatable bonds is 3. The Balaban J connectivity index is 1.36. The Morgan fingerprint density at radius 2 is 1.89 bits per heavy atom. The Morgan fingerprint density at radius 3 is 2.64 bits per heavy atom. The molecule has 2 amide bonds. The number of hydrogen-bond donors (Lipinski definition) is 1. The van der Waals surface area contributed by atoms with E-state index in [-0.39, 0.29) is 12.0 Å². The second-order valence-electron chi connectivity index (χ2n) is 7.66. The molecule has 28 heavy (non-hydrogen) atoms. The van der Waals surface area contributed by atoms with E-state index in [9.17, 15) is 9.59 Å². The molecule has 3 heterocycles. The molecule has 0 radical (unpaired) electrons. The molecule has 1 saturated heterocycles. The SMILES string of the molecule is CCOC(=O)N1CCN(CC(=O)N2CCc3[nH]c4ccc(C)cc4c3C2)CC1. The molecule has 1 fully saturated rings. The number of carbonyl (C=O) groups excluding carboxylic acids is 2. The molecular formula is C21H28N4O3. The number of H-pyrrole nitrogens is 1. The molecule has 4 rings (SSSR count). The summed E-state index contributed by atoms with van der Waals surface area (Å²) < 4.78 is 5.05. The Bertz CT molecular complexity index is 883. The lowest BCUT2D eigenvalue weighted by Crippen LogP contribution is -2.52. The van der Waals surface area contributed by atoms with E-state index in [2.05, 4.69) is 35.0 Å². The van der Waals surface area contributed by atoms with Crippen LogP contribution in [0, 0.1) is 6.92 Å². The van der Waals surface area contributed by atoms with Gasteiger partial charge in [-0.15, -0.1) is 0 Å². The van der Waals surface area contributed by atoms with Gasteiger partial charge in [0.2, 0.25) is 5.91 Å². The third-order valence-electron chi connectivity index (χ3n) is 5.74. The quantitative estimate of drug-likeness (QED) is 0.880. The number of aromatic amines is 1. The maximum atomic E-state index is 12.9. The summed E-state index contributed by atoms with van der Waals surface area (Å²) in [4.78, 5) is 34.0. The first-order valence-electron chi connectivity index (χ1n) is 10.1. The predicted octanol–water partition coefficient (Wildman–Crippen LogP) is 2.14. The van der Waals surface area contributed by atoms with Gasteiger partial charge < -0.3 is 19.5 Å². The lowest BCUT2D eigenvalue weighted by molar-refractivity contribution is -0.133. The number of nitrogens with one attached hydrogen (secondary N) is 1. The van der Waals surface area contributed by atoms with Crippen LogP contribution in [0.5, 0.6) is 0 Å². The van der Waals surface area contributed by atoms with Crippen LogP contribution in [0.4, 0.5) is 4.79 Å². The van der Waals surface area contributed by atoms with Crippen LogP contribution in [0.1, 0.15) is 23.7 Å². The summed E-state index contributed by atoms with van der Waals surface area (Å²) in [6.45, 7) is 8.75. The fourth-order valence-corrected chi connectivity index (χ4v) is 4.14. The normalized spacial score (nSPS) is 17.6. The summed E-state index contributed by atoms with van der Waals surface area (Å²) in [6, 6.07) is 6.44. The summed E-state index contributed by atoms with van der Waals surface area (Å²) in [5, 5.41) is 1.23. The van der Waals surface area contributed by atoms with Crippen LogP contribution in [-0.4, -0.2) is 77.6 Å². The van der Waals surface area contributed by atoms with Gasteiger partial charge in [0, 0.05) is 67.8 Å². The van der Waals surface area contributed by atoms with Crippen molar-refractivity contribution < 1.29 is 14.3 Å². The maximum absolute atomic E-state index is 12.9. The van der Waals surface area contributed by atoms with Gasteiger partial charge in [0.1, 0.15) is 0 Å². The fourth-order valence-electron chi connectivity index (χ4n) is 4.14. The van der Waals surface area contributed by atoms with Gasteiger partial charge >= 0.3 is 6.09 Å². The van der Waals surface area contributed by atoms with Crippen molar-refractivity contribution in [3.05, 3.63) is 35.0 Å². The molecule has 7 heteroatoms. The van der Waals surface area contributed by atoms with E-state index >= 15 is 0 Å². The molecule has 150 valence electrons. The Morgan fingerprint density at radius 1 is 1.11 bits per heavy atom. The highest BCUT2D eigenvalue weighted by molar-refractivity contribution is 5.87. The second-order valence-corrected chi connectivity index (χ2v) is 7.66. The molecule has 0 unspecified atom stereocenters. The number of benzene rings is 1. The Kier molecular flexibility index (Phi) is 5.26. The summed E-state index contributed by atoms with van der Waals surface area (Å²) in [6.07, 6.45) is 0.609. The van der Waals surface area contributed by atoms with Crippen molar-refractivity contribution in [2.24, 2.45) is 0 Å². The van der Waals surface area contributed by atoms with Crippen molar-refractivity contribution in [3.8, 4) is 0 Å². The monoisotopic (exact) mass is 384 g/mol. The summed E-state index contributed by atoms with van der Waals surface area (Å²) in [7, 11) is 0. The van der Waals surface area contributed by atoms with Gasteiger partial charge in [0.15, 0.2) is 0 Å². The van der Waals surface area contributed by atoms with Crippen LogP contribution in [-0.2, 0) is 22.5 Å². The first kappa shape index (κ1) is 18.8. The second kappa shape index (κ2) is 7.83. The summed E-state index contributed by atoms with van der Waals surface area (Å²) >= 11 is 0. The first-order valence-corrected chi connectivity index (χ1v) is 10.1. The molecule has 0 bridgehead atoms. The third-order valence-corrected chi connectivity index (χ3v) is 5.74. The average molecular weight is 384 g/mol. The molecule has 0 saturated carbocycles.